The van der Waals surface area contributed by atoms with Crippen LogP contribution in [0.15, 0.2) is 46.3 Å². The molecule has 6 heteroatoms. The summed E-state index contributed by atoms with van der Waals surface area (Å²) in [6, 6.07) is 11.8. The van der Waals surface area contributed by atoms with Gasteiger partial charge in [-0.05, 0) is 18.4 Å². The summed E-state index contributed by atoms with van der Waals surface area (Å²) in [4.78, 5) is 19.2. The van der Waals surface area contributed by atoms with E-state index in [4.69, 9.17) is 4.52 Å². The van der Waals surface area contributed by atoms with Crippen LogP contribution in [-0.2, 0) is 17.8 Å². The molecule has 1 aromatic carbocycles. The number of thiophene rings is 1. The molecule has 0 aliphatic carbocycles. The summed E-state index contributed by atoms with van der Waals surface area (Å²) in [5.41, 5.74) is 2.08. The van der Waals surface area contributed by atoms with Crippen LogP contribution in [0, 0.1) is 6.92 Å². The summed E-state index contributed by atoms with van der Waals surface area (Å²) in [6.07, 6.45) is 0.396. The first-order chi connectivity index (χ1) is 11.1. The lowest BCUT2D eigenvalue weighted by Crippen LogP contribution is -2.27. The number of rotatable bonds is 5. The summed E-state index contributed by atoms with van der Waals surface area (Å²) in [7, 11) is 1.74. The highest BCUT2D eigenvalue weighted by Crippen LogP contribution is 2.17. The fourth-order valence-electron chi connectivity index (χ4n) is 2.13. The summed E-state index contributed by atoms with van der Waals surface area (Å²) in [5, 5.41) is 5.95. The van der Waals surface area contributed by atoms with E-state index in [1.165, 1.54) is 5.56 Å². The number of aryl methyl sites for hydroxylation is 1. The molecule has 3 aromatic rings. The first-order valence-corrected chi connectivity index (χ1v) is 8.16. The Morgan fingerprint density at radius 3 is 2.74 bits per heavy atom. The maximum Gasteiger partial charge on any atom is 0.246 e. The number of carbonyl (C=O) groups is 1. The standard InChI is InChI=1S/C17H17N3O2S/c1-12-5-7-13(8-6-12)17-18-15(22-19-17)11-20(2)16(21)10-14-4-3-9-23-14/h3-9H,10-11H2,1-2H3. The van der Waals surface area contributed by atoms with E-state index in [-0.39, 0.29) is 5.91 Å². The molecule has 0 atom stereocenters. The van der Waals surface area contributed by atoms with Crippen molar-refractivity contribution in [3.8, 4) is 11.4 Å². The average molecular weight is 327 g/mol. The molecule has 0 saturated heterocycles. The van der Waals surface area contributed by atoms with Crippen LogP contribution in [0.4, 0.5) is 0 Å². The molecular weight excluding hydrogens is 310 g/mol. The van der Waals surface area contributed by atoms with E-state index in [1.54, 1.807) is 23.3 Å². The van der Waals surface area contributed by atoms with Crippen LogP contribution in [0.2, 0.25) is 0 Å². The molecule has 5 nitrogen and oxygen atoms in total. The number of hydrogen-bond donors (Lipinski definition) is 0. The lowest BCUT2D eigenvalue weighted by Gasteiger charge is -2.13. The highest BCUT2D eigenvalue weighted by molar-refractivity contribution is 7.10. The van der Waals surface area contributed by atoms with Crippen LogP contribution < -0.4 is 0 Å². The van der Waals surface area contributed by atoms with Gasteiger partial charge >= 0.3 is 0 Å². The van der Waals surface area contributed by atoms with E-state index >= 15 is 0 Å². The molecule has 0 spiro atoms. The zero-order valence-corrected chi connectivity index (χ0v) is 13.8. The number of aromatic nitrogens is 2. The predicted octanol–water partition coefficient (Wildman–Crippen LogP) is 3.31. The third kappa shape index (κ3) is 3.84. The number of nitrogens with zero attached hydrogens (tertiary/aromatic N) is 3. The Morgan fingerprint density at radius 1 is 1.26 bits per heavy atom. The molecule has 0 unspecified atom stereocenters. The molecule has 2 heterocycles. The molecule has 3 rings (SSSR count). The van der Waals surface area contributed by atoms with Gasteiger partial charge in [0.25, 0.3) is 0 Å². The van der Waals surface area contributed by atoms with Crippen molar-refractivity contribution >= 4 is 17.2 Å². The lowest BCUT2D eigenvalue weighted by atomic mass is 10.1. The van der Waals surface area contributed by atoms with Crippen molar-refractivity contribution in [2.75, 3.05) is 7.05 Å². The number of hydrogen-bond acceptors (Lipinski definition) is 5. The van der Waals surface area contributed by atoms with Crippen molar-refractivity contribution < 1.29 is 9.32 Å². The first kappa shape index (κ1) is 15.4. The Hall–Kier alpha value is -2.47. The smallest absolute Gasteiger partial charge is 0.246 e. The number of benzene rings is 1. The molecule has 0 saturated carbocycles. The van der Waals surface area contributed by atoms with E-state index in [2.05, 4.69) is 10.1 Å². The van der Waals surface area contributed by atoms with Crippen molar-refractivity contribution in [2.45, 2.75) is 19.9 Å². The second-order valence-electron chi connectivity index (χ2n) is 5.38. The van der Waals surface area contributed by atoms with E-state index in [0.29, 0.717) is 24.7 Å². The molecule has 0 radical (unpaired) electrons. The van der Waals surface area contributed by atoms with Gasteiger partial charge in [-0.25, -0.2) is 0 Å². The van der Waals surface area contributed by atoms with Crippen molar-refractivity contribution in [2.24, 2.45) is 0 Å². The molecule has 0 bridgehead atoms. The quantitative estimate of drug-likeness (QED) is 0.721. The van der Waals surface area contributed by atoms with Gasteiger partial charge in [0.05, 0.1) is 13.0 Å². The summed E-state index contributed by atoms with van der Waals surface area (Å²) >= 11 is 1.58. The van der Waals surface area contributed by atoms with Crippen LogP contribution in [0.1, 0.15) is 16.3 Å². The minimum Gasteiger partial charge on any atom is -0.337 e. The normalized spacial score (nSPS) is 10.7. The highest BCUT2D eigenvalue weighted by Gasteiger charge is 2.15. The fraction of sp³-hybridized carbons (Fsp3) is 0.235. The third-order valence-corrected chi connectivity index (χ3v) is 4.36. The highest BCUT2D eigenvalue weighted by atomic mass is 32.1. The summed E-state index contributed by atoms with van der Waals surface area (Å²) < 4.78 is 5.25. The molecule has 0 fully saturated rings. The Morgan fingerprint density at radius 2 is 2.04 bits per heavy atom. The Labute approximate surface area is 138 Å². The van der Waals surface area contributed by atoms with Gasteiger partial charge in [-0.1, -0.05) is 41.1 Å². The van der Waals surface area contributed by atoms with Gasteiger partial charge < -0.3 is 9.42 Å². The van der Waals surface area contributed by atoms with Gasteiger partial charge in [-0.2, -0.15) is 4.98 Å². The number of carbonyl (C=O) groups excluding carboxylic acids is 1. The topological polar surface area (TPSA) is 59.2 Å². The Balaban J connectivity index is 1.64. The van der Waals surface area contributed by atoms with Crippen LogP contribution in [0.5, 0.6) is 0 Å². The molecule has 23 heavy (non-hydrogen) atoms. The van der Waals surface area contributed by atoms with Gasteiger partial charge in [-0.15, -0.1) is 11.3 Å². The SMILES string of the molecule is Cc1ccc(-c2noc(CN(C)C(=O)Cc3cccs3)n2)cc1. The molecular formula is C17H17N3O2S. The molecule has 2 aromatic heterocycles. The zero-order valence-electron chi connectivity index (χ0n) is 13.0. The minimum atomic E-state index is 0.0301. The molecule has 0 aliphatic heterocycles. The fourth-order valence-corrected chi connectivity index (χ4v) is 2.82. The predicted molar refractivity (Wildman–Crippen MR) is 89.0 cm³/mol. The zero-order chi connectivity index (χ0) is 16.2. The number of amides is 1. The monoisotopic (exact) mass is 327 g/mol. The Kier molecular flexibility index (Phi) is 4.52. The van der Waals surface area contributed by atoms with Crippen LogP contribution >= 0.6 is 11.3 Å². The van der Waals surface area contributed by atoms with Crippen LogP contribution in [0.25, 0.3) is 11.4 Å². The van der Waals surface area contributed by atoms with E-state index in [9.17, 15) is 4.79 Å². The number of likely N-dealkylation sites (N-methyl/N-ethyl adjacent to an activating group) is 1. The van der Waals surface area contributed by atoms with Crippen LogP contribution in [-0.4, -0.2) is 28.0 Å². The lowest BCUT2D eigenvalue weighted by molar-refractivity contribution is -0.129. The van der Waals surface area contributed by atoms with Gasteiger partial charge in [0.15, 0.2) is 0 Å². The average Bonchev–Trinajstić information content (AvgIpc) is 3.20. The van der Waals surface area contributed by atoms with Crippen molar-refractivity contribution in [3.05, 3.63) is 58.1 Å². The largest absolute Gasteiger partial charge is 0.337 e. The third-order valence-electron chi connectivity index (χ3n) is 3.48. The maximum absolute atomic E-state index is 12.2. The summed E-state index contributed by atoms with van der Waals surface area (Å²) in [5.74, 6) is 1.00. The van der Waals surface area contributed by atoms with Gasteiger partial charge in [0, 0.05) is 17.5 Å². The summed E-state index contributed by atoms with van der Waals surface area (Å²) in [6.45, 7) is 2.34. The molecule has 0 aliphatic rings. The van der Waals surface area contributed by atoms with Crippen LogP contribution in [0.3, 0.4) is 0 Å². The second-order valence-corrected chi connectivity index (χ2v) is 6.42. The van der Waals surface area contributed by atoms with Gasteiger partial charge in [0.2, 0.25) is 17.6 Å². The second kappa shape index (κ2) is 6.75. The van der Waals surface area contributed by atoms with Crippen molar-refractivity contribution in [1.82, 2.24) is 15.0 Å². The van der Waals surface area contributed by atoms with E-state index in [1.807, 2.05) is 48.7 Å². The molecule has 118 valence electrons. The van der Waals surface area contributed by atoms with Crippen molar-refractivity contribution in [3.63, 3.8) is 0 Å². The molecule has 1 amide bonds. The first-order valence-electron chi connectivity index (χ1n) is 7.28. The van der Waals surface area contributed by atoms with Gasteiger partial charge in [-0.3, -0.25) is 4.79 Å². The van der Waals surface area contributed by atoms with E-state index < -0.39 is 0 Å². The minimum absolute atomic E-state index is 0.0301. The molecule has 0 N–H and O–H groups in total. The van der Waals surface area contributed by atoms with E-state index in [0.717, 1.165) is 10.4 Å². The maximum atomic E-state index is 12.2. The van der Waals surface area contributed by atoms with Crippen molar-refractivity contribution in [1.29, 1.82) is 0 Å². The van der Waals surface area contributed by atoms with Gasteiger partial charge in [0.1, 0.15) is 0 Å². The Bertz CT molecular complexity index is 779.